The van der Waals surface area contributed by atoms with Crippen LogP contribution in [0.5, 0.6) is 0 Å². The molecule has 0 aromatic carbocycles. The van der Waals surface area contributed by atoms with Crippen molar-refractivity contribution in [1.29, 1.82) is 0 Å². The number of piperidine rings is 1. The van der Waals surface area contributed by atoms with Crippen LogP contribution in [0, 0.1) is 0 Å². The van der Waals surface area contributed by atoms with Crippen molar-refractivity contribution >= 4 is 39.2 Å². The van der Waals surface area contributed by atoms with Gasteiger partial charge < -0.3 is 9.32 Å². The van der Waals surface area contributed by atoms with Crippen molar-refractivity contribution < 1.29 is 9.21 Å². The number of aromatic nitrogens is 2. The Bertz CT molecular complexity index is 1080. The van der Waals surface area contributed by atoms with Gasteiger partial charge in [0.25, 0.3) is 5.56 Å². The number of hydrogen-bond acceptors (Lipinski definition) is 6. The van der Waals surface area contributed by atoms with Crippen LogP contribution in [0.4, 0.5) is 0 Å². The van der Waals surface area contributed by atoms with E-state index in [1.54, 1.807) is 23.0 Å². The third-order valence-electron chi connectivity index (χ3n) is 5.21. The maximum Gasteiger partial charge on any atom is 0.263 e. The molecule has 0 bridgehead atoms. The molecule has 1 aliphatic rings. The van der Waals surface area contributed by atoms with Gasteiger partial charge in [0, 0.05) is 30.1 Å². The fraction of sp³-hybridized carbons (Fsp3) is 0.381. The van der Waals surface area contributed by atoms with Gasteiger partial charge in [-0.25, -0.2) is 4.98 Å². The summed E-state index contributed by atoms with van der Waals surface area (Å²) in [4.78, 5) is 33.3. The van der Waals surface area contributed by atoms with E-state index in [2.05, 4.69) is 13.5 Å². The average molecular weight is 430 g/mol. The molecule has 0 saturated carbocycles. The number of carbonyl (C=O) groups is 1. The Morgan fingerprint density at radius 3 is 3.07 bits per heavy atom. The van der Waals surface area contributed by atoms with Crippen LogP contribution in [-0.2, 0) is 11.3 Å². The first-order chi connectivity index (χ1) is 14.1. The molecule has 1 fully saturated rings. The van der Waals surface area contributed by atoms with E-state index in [-0.39, 0.29) is 23.3 Å². The minimum atomic E-state index is -0.135. The van der Waals surface area contributed by atoms with Gasteiger partial charge in [-0.1, -0.05) is 17.8 Å². The fourth-order valence-corrected chi connectivity index (χ4v) is 5.56. The Hall–Kier alpha value is -2.32. The molecule has 0 spiro atoms. The highest BCUT2D eigenvalue weighted by Crippen LogP contribution is 2.32. The molecule has 29 heavy (non-hydrogen) atoms. The molecule has 0 radical (unpaired) electrons. The van der Waals surface area contributed by atoms with Crippen LogP contribution in [0.15, 0.2) is 50.8 Å². The van der Waals surface area contributed by atoms with Gasteiger partial charge in [0.05, 0.1) is 17.4 Å². The third-order valence-corrected chi connectivity index (χ3v) is 7.04. The van der Waals surface area contributed by atoms with Crippen molar-refractivity contribution in [2.75, 3.05) is 12.3 Å². The number of furan rings is 1. The maximum atomic E-state index is 13.2. The molecule has 1 atom stereocenters. The average Bonchev–Trinajstić information content (AvgIpc) is 3.38. The highest BCUT2D eigenvalue weighted by atomic mass is 32.2. The zero-order valence-electron chi connectivity index (χ0n) is 16.3. The number of thiophene rings is 1. The standard InChI is InChI=1S/C21H23N3O3S2/c1-3-9-24-20(26)18-15(16-8-6-11-27-16)12-28-19(18)22-21(24)29-13-17(25)23-10-5-4-7-14(23)2/h3,6,8,11-12,14H,1,4-5,7,9-10,13H2,2H3/t14-/m0/s1. The summed E-state index contributed by atoms with van der Waals surface area (Å²) in [6.45, 7) is 7.02. The Morgan fingerprint density at radius 1 is 1.48 bits per heavy atom. The van der Waals surface area contributed by atoms with Crippen LogP contribution in [0.1, 0.15) is 26.2 Å². The summed E-state index contributed by atoms with van der Waals surface area (Å²) in [6.07, 6.45) is 6.54. The number of likely N-dealkylation sites (tertiary alicyclic amines) is 1. The minimum Gasteiger partial charge on any atom is -0.464 e. The number of thioether (sulfide) groups is 1. The Balaban J connectivity index is 1.65. The number of amides is 1. The molecule has 3 aromatic rings. The lowest BCUT2D eigenvalue weighted by Crippen LogP contribution is -2.43. The minimum absolute atomic E-state index is 0.101. The van der Waals surface area contributed by atoms with Gasteiger partial charge in [0.1, 0.15) is 10.6 Å². The van der Waals surface area contributed by atoms with Crippen LogP contribution in [-0.4, -0.2) is 38.7 Å². The second kappa shape index (κ2) is 8.59. The van der Waals surface area contributed by atoms with E-state index in [0.717, 1.165) is 24.9 Å². The number of hydrogen-bond donors (Lipinski definition) is 0. The molecule has 1 aliphatic heterocycles. The van der Waals surface area contributed by atoms with Crippen molar-refractivity contribution in [3.8, 4) is 11.3 Å². The topological polar surface area (TPSA) is 68.3 Å². The van der Waals surface area contributed by atoms with Gasteiger partial charge in [0.2, 0.25) is 5.91 Å². The van der Waals surface area contributed by atoms with E-state index in [1.165, 1.54) is 29.5 Å². The van der Waals surface area contributed by atoms with Crippen LogP contribution >= 0.6 is 23.1 Å². The Morgan fingerprint density at radius 2 is 2.34 bits per heavy atom. The second-order valence-corrected chi connectivity index (χ2v) is 8.93. The van der Waals surface area contributed by atoms with Gasteiger partial charge >= 0.3 is 0 Å². The van der Waals surface area contributed by atoms with Crippen LogP contribution in [0.25, 0.3) is 21.5 Å². The summed E-state index contributed by atoms with van der Waals surface area (Å²) in [5.41, 5.74) is 0.615. The number of fused-ring (bicyclic) bond motifs is 1. The van der Waals surface area contributed by atoms with Crippen molar-refractivity contribution in [1.82, 2.24) is 14.5 Å². The highest BCUT2D eigenvalue weighted by Gasteiger charge is 2.24. The van der Waals surface area contributed by atoms with Gasteiger partial charge in [-0.3, -0.25) is 14.2 Å². The van der Waals surface area contributed by atoms with Crippen molar-refractivity contribution in [2.45, 2.75) is 43.9 Å². The lowest BCUT2D eigenvalue weighted by Gasteiger charge is -2.33. The monoisotopic (exact) mass is 429 g/mol. The zero-order valence-corrected chi connectivity index (χ0v) is 17.9. The highest BCUT2D eigenvalue weighted by molar-refractivity contribution is 7.99. The van der Waals surface area contributed by atoms with Gasteiger partial charge in [-0.05, 0) is 38.3 Å². The number of rotatable bonds is 6. The number of nitrogens with zero attached hydrogens (tertiary/aromatic N) is 3. The van der Waals surface area contributed by atoms with Crippen molar-refractivity contribution in [2.24, 2.45) is 0 Å². The van der Waals surface area contributed by atoms with Crippen LogP contribution in [0.2, 0.25) is 0 Å². The first-order valence-corrected chi connectivity index (χ1v) is 11.6. The van der Waals surface area contributed by atoms with E-state index in [1.807, 2.05) is 16.3 Å². The summed E-state index contributed by atoms with van der Waals surface area (Å²) in [5.74, 6) is 1.02. The number of carbonyl (C=O) groups excluding carboxylic acids is 1. The Kier molecular flexibility index (Phi) is 5.91. The smallest absolute Gasteiger partial charge is 0.263 e. The van der Waals surface area contributed by atoms with Gasteiger partial charge in [-0.15, -0.1) is 17.9 Å². The molecule has 152 valence electrons. The fourth-order valence-electron chi connectivity index (χ4n) is 3.70. The van der Waals surface area contributed by atoms with Gasteiger partial charge in [0.15, 0.2) is 5.16 Å². The van der Waals surface area contributed by atoms with Crippen molar-refractivity contribution in [3.63, 3.8) is 0 Å². The summed E-state index contributed by atoms with van der Waals surface area (Å²) in [6, 6.07) is 3.90. The quantitative estimate of drug-likeness (QED) is 0.330. The van der Waals surface area contributed by atoms with E-state index in [9.17, 15) is 9.59 Å². The Labute approximate surface area is 177 Å². The predicted octanol–water partition coefficient (Wildman–Crippen LogP) is 4.40. The third kappa shape index (κ3) is 3.91. The number of allylic oxidation sites excluding steroid dienone is 1. The lowest BCUT2D eigenvalue weighted by molar-refractivity contribution is -0.131. The SMILES string of the molecule is C=CCn1c(SCC(=O)N2CCCC[C@@H]2C)nc2scc(-c3ccco3)c2c1=O. The van der Waals surface area contributed by atoms with Crippen LogP contribution in [0.3, 0.4) is 0 Å². The van der Waals surface area contributed by atoms with E-state index in [4.69, 9.17) is 9.40 Å². The van der Waals surface area contributed by atoms with Crippen molar-refractivity contribution in [3.05, 3.63) is 46.8 Å². The van der Waals surface area contributed by atoms with E-state index < -0.39 is 0 Å². The molecule has 3 aromatic heterocycles. The second-order valence-electron chi connectivity index (χ2n) is 7.13. The summed E-state index contributed by atoms with van der Waals surface area (Å²) >= 11 is 2.73. The molecule has 0 aliphatic carbocycles. The molecule has 4 rings (SSSR count). The zero-order chi connectivity index (χ0) is 20.4. The largest absolute Gasteiger partial charge is 0.464 e. The first kappa shape index (κ1) is 20.0. The van der Waals surface area contributed by atoms with Gasteiger partial charge in [-0.2, -0.15) is 0 Å². The molecule has 6 nitrogen and oxygen atoms in total. The molecule has 1 saturated heterocycles. The molecule has 0 unspecified atom stereocenters. The molecule has 8 heteroatoms. The predicted molar refractivity (Wildman–Crippen MR) is 118 cm³/mol. The maximum absolute atomic E-state index is 13.2. The van der Waals surface area contributed by atoms with E-state index >= 15 is 0 Å². The molecule has 4 heterocycles. The lowest BCUT2D eigenvalue weighted by atomic mass is 10.0. The molecular formula is C21H23N3O3S2. The summed E-state index contributed by atoms with van der Waals surface area (Å²) < 4.78 is 7.07. The summed E-state index contributed by atoms with van der Waals surface area (Å²) in [7, 11) is 0. The van der Waals surface area contributed by atoms with E-state index in [0.29, 0.717) is 27.7 Å². The summed E-state index contributed by atoms with van der Waals surface area (Å²) in [5, 5.41) is 2.99. The first-order valence-electron chi connectivity index (χ1n) is 9.69. The molecular weight excluding hydrogens is 406 g/mol. The molecule has 1 amide bonds. The molecule has 0 N–H and O–H groups in total. The van der Waals surface area contributed by atoms with Crippen LogP contribution < -0.4 is 5.56 Å². The normalized spacial score (nSPS) is 17.0.